The quantitative estimate of drug-likeness (QED) is 0.649. The zero-order valence-corrected chi connectivity index (χ0v) is 18.9. The van der Waals surface area contributed by atoms with Crippen LogP contribution < -0.4 is 0 Å². The number of β-amino-alcohol motifs (C(OH)–C–C–N with tert-alkyl or cyclic N) is 1. The number of ether oxygens (including phenoxy) is 1. The fourth-order valence-electron chi connectivity index (χ4n) is 6.73. The third kappa shape index (κ3) is 2.91. The largest absolute Gasteiger partial charge is 0.395 e. The lowest BCUT2D eigenvalue weighted by atomic mass is 9.74. The van der Waals surface area contributed by atoms with E-state index in [-0.39, 0.29) is 36.9 Å². The van der Waals surface area contributed by atoms with Crippen LogP contribution in [0.15, 0.2) is 24.3 Å². The molecule has 1 N–H and O–H groups in total. The van der Waals surface area contributed by atoms with Crippen LogP contribution in [0.25, 0.3) is 0 Å². The first kappa shape index (κ1) is 21.6. The zero-order valence-electron chi connectivity index (χ0n) is 18.9. The number of rotatable bonds is 3. The number of likely N-dealkylation sites (N-methyl/N-ethyl adjacent to an activating group) is 1. The molecule has 1 unspecified atom stereocenters. The van der Waals surface area contributed by atoms with Gasteiger partial charge in [-0.05, 0) is 19.8 Å². The highest BCUT2D eigenvalue weighted by Crippen LogP contribution is 2.57. The van der Waals surface area contributed by atoms with E-state index in [2.05, 4.69) is 0 Å². The number of likely N-dealkylation sites (tertiary alicyclic amines) is 1. The SMILES string of the molecule is CN1CC=C[C@]2(C)O[C@]34C=CCN(C5CCCCC5)C(=O)C3N(CCO)C(=O)[C@@H]4[C@@H]2C1=O. The molecule has 0 aromatic carbocycles. The lowest BCUT2D eigenvalue weighted by Gasteiger charge is -2.40. The van der Waals surface area contributed by atoms with E-state index in [1.165, 1.54) is 11.3 Å². The second kappa shape index (κ2) is 7.70. The van der Waals surface area contributed by atoms with Crippen LogP contribution in [-0.2, 0) is 19.1 Å². The molecule has 5 atom stereocenters. The van der Waals surface area contributed by atoms with Crippen molar-refractivity contribution in [2.45, 2.75) is 62.3 Å². The van der Waals surface area contributed by atoms with E-state index in [0.29, 0.717) is 13.1 Å². The molecular formula is C24H33N3O5. The molecule has 2 saturated heterocycles. The maximum absolute atomic E-state index is 14.0. The third-order valence-corrected chi connectivity index (χ3v) is 8.15. The number of nitrogens with zero attached hydrogens (tertiary/aromatic N) is 3. The van der Waals surface area contributed by atoms with Crippen molar-refractivity contribution in [2.24, 2.45) is 11.8 Å². The first-order valence-corrected chi connectivity index (χ1v) is 11.9. The predicted octanol–water partition coefficient (Wildman–Crippen LogP) is 0.709. The fourth-order valence-corrected chi connectivity index (χ4v) is 6.73. The second-order valence-corrected chi connectivity index (χ2v) is 10.1. The Kier molecular flexibility index (Phi) is 5.21. The van der Waals surface area contributed by atoms with E-state index in [1.54, 1.807) is 11.9 Å². The minimum Gasteiger partial charge on any atom is -0.395 e. The Bertz CT molecular complexity index is 881. The number of fused-ring (bicyclic) bond motifs is 2. The number of carbonyl (C=O) groups is 3. The normalized spacial score (nSPS) is 39.8. The number of hydrogen-bond acceptors (Lipinski definition) is 5. The van der Waals surface area contributed by atoms with Gasteiger partial charge in [0.1, 0.15) is 11.6 Å². The van der Waals surface area contributed by atoms with Crippen molar-refractivity contribution in [3.63, 3.8) is 0 Å². The Hall–Kier alpha value is -2.19. The minimum atomic E-state index is -1.22. The molecule has 0 aromatic rings. The molecule has 3 fully saturated rings. The number of carbonyl (C=O) groups excluding carboxylic acids is 3. The maximum Gasteiger partial charge on any atom is 0.249 e. The average Bonchev–Trinajstić information content (AvgIpc) is 3.04. The summed E-state index contributed by atoms with van der Waals surface area (Å²) in [6.07, 6.45) is 12.9. The van der Waals surface area contributed by atoms with Crippen LogP contribution in [0.4, 0.5) is 0 Å². The topological polar surface area (TPSA) is 90.4 Å². The smallest absolute Gasteiger partial charge is 0.249 e. The molecular weight excluding hydrogens is 410 g/mol. The third-order valence-electron chi connectivity index (χ3n) is 8.15. The molecule has 5 aliphatic rings. The van der Waals surface area contributed by atoms with Gasteiger partial charge in [0.05, 0.1) is 24.0 Å². The van der Waals surface area contributed by atoms with Crippen LogP contribution in [0.5, 0.6) is 0 Å². The molecule has 0 radical (unpaired) electrons. The van der Waals surface area contributed by atoms with Crippen LogP contribution >= 0.6 is 0 Å². The lowest BCUT2D eigenvalue weighted by molar-refractivity contribution is -0.154. The molecule has 0 bridgehead atoms. The minimum absolute atomic E-state index is 0.0481. The van der Waals surface area contributed by atoms with Gasteiger partial charge in [0.25, 0.3) is 0 Å². The molecule has 4 aliphatic heterocycles. The molecule has 4 heterocycles. The summed E-state index contributed by atoms with van der Waals surface area (Å²) in [5.41, 5.74) is -2.19. The first-order chi connectivity index (χ1) is 15.3. The molecule has 8 heteroatoms. The van der Waals surface area contributed by atoms with Gasteiger partial charge in [-0.1, -0.05) is 43.6 Å². The summed E-state index contributed by atoms with van der Waals surface area (Å²) in [6, 6.07) is -0.723. The summed E-state index contributed by atoms with van der Waals surface area (Å²) in [5, 5.41) is 9.73. The average molecular weight is 444 g/mol. The van der Waals surface area contributed by atoms with Crippen molar-refractivity contribution in [3.8, 4) is 0 Å². The van der Waals surface area contributed by atoms with Crippen molar-refractivity contribution < 1.29 is 24.2 Å². The predicted molar refractivity (Wildman–Crippen MR) is 116 cm³/mol. The van der Waals surface area contributed by atoms with E-state index in [9.17, 15) is 19.5 Å². The molecule has 3 amide bonds. The number of aliphatic hydroxyl groups is 1. The second-order valence-electron chi connectivity index (χ2n) is 10.1. The van der Waals surface area contributed by atoms with Crippen LogP contribution in [0.1, 0.15) is 39.0 Å². The molecule has 1 saturated carbocycles. The monoisotopic (exact) mass is 443 g/mol. The highest BCUT2D eigenvalue weighted by atomic mass is 16.5. The van der Waals surface area contributed by atoms with E-state index >= 15 is 0 Å². The fraction of sp³-hybridized carbons (Fsp3) is 0.708. The molecule has 5 rings (SSSR count). The summed E-state index contributed by atoms with van der Waals surface area (Å²) in [4.78, 5) is 46.2. The Balaban J connectivity index is 1.61. The first-order valence-electron chi connectivity index (χ1n) is 11.9. The van der Waals surface area contributed by atoms with Gasteiger partial charge in [-0.25, -0.2) is 0 Å². The summed E-state index contributed by atoms with van der Waals surface area (Å²) in [5.74, 6) is -2.07. The van der Waals surface area contributed by atoms with E-state index in [0.717, 1.165) is 25.7 Å². The Morgan fingerprint density at radius 3 is 2.44 bits per heavy atom. The summed E-state index contributed by atoms with van der Waals surface area (Å²) < 4.78 is 6.69. The highest BCUT2D eigenvalue weighted by molar-refractivity contribution is 6.00. The number of amides is 3. The Morgan fingerprint density at radius 1 is 1.00 bits per heavy atom. The van der Waals surface area contributed by atoms with Crippen LogP contribution in [-0.4, -0.2) is 94.1 Å². The van der Waals surface area contributed by atoms with Gasteiger partial charge in [-0.2, -0.15) is 0 Å². The lowest BCUT2D eigenvalue weighted by Crippen LogP contribution is -2.58. The summed E-state index contributed by atoms with van der Waals surface area (Å²) >= 11 is 0. The summed E-state index contributed by atoms with van der Waals surface area (Å²) in [6.45, 7) is 2.58. The van der Waals surface area contributed by atoms with Crippen molar-refractivity contribution in [1.82, 2.24) is 14.7 Å². The summed E-state index contributed by atoms with van der Waals surface area (Å²) in [7, 11) is 1.73. The van der Waals surface area contributed by atoms with Crippen LogP contribution in [0.3, 0.4) is 0 Å². The molecule has 1 aliphatic carbocycles. The van der Waals surface area contributed by atoms with Crippen molar-refractivity contribution in [2.75, 3.05) is 33.3 Å². The van der Waals surface area contributed by atoms with Gasteiger partial charge in [-0.3, -0.25) is 14.4 Å². The highest BCUT2D eigenvalue weighted by Gasteiger charge is 2.74. The van der Waals surface area contributed by atoms with E-state index < -0.39 is 29.1 Å². The number of hydrogen-bond donors (Lipinski definition) is 1. The molecule has 8 nitrogen and oxygen atoms in total. The molecule has 32 heavy (non-hydrogen) atoms. The van der Waals surface area contributed by atoms with Crippen LogP contribution in [0.2, 0.25) is 0 Å². The van der Waals surface area contributed by atoms with Crippen molar-refractivity contribution in [1.29, 1.82) is 0 Å². The molecule has 0 aromatic heterocycles. The maximum atomic E-state index is 14.0. The standard InChI is InChI=1S/C24H33N3O5/c1-23-10-6-12-25(2)20(29)17(23)18-21(30)27(14-15-28)19-22(31)26(16-8-4-3-5-9-16)13-7-11-24(18,19)32-23/h6-7,10-11,16-19,28H,3-5,8-9,12-15H2,1-2H3/t17-,18+,19?,23+,24+/m1/s1. The van der Waals surface area contributed by atoms with Gasteiger partial charge in [-0.15, -0.1) is 0 Å². The van der Waals surface area contributed by atoms with Gasteiger partial charge in [0.15, 0.2) is 0 Å². The molecule has 174 valence electrons. The van der Waals surface area contributed by atoms with E-state index in [4.69, 9.17) is 4.74 Å². The zero-order chi connectivity index (χ0) is 22.7. The Morgan fingerprint density at radius 2 is 1.72 bits per heavy atom. The van der Waals surface area contributed by atoms with Crippen molar-refractivity contribution in [3.05, 3.63) is 24.3 Å². The Labute approximate surface area is 188 Å². The molecule has 1 spiro atoms. The number of aliphatic hydroxyl groups excluding tert-OH is 1. The van der Waals surface area contributed by atoms with Crippen LogP contribution in [0, 0.1) is 11.8 Å². The van der Waals surface area contributed by atoms with Crippen molar-refractivity contribution >= 4 is 17.7 Å². The van der Waals surface area contributed by atoms with Gasteiger partial charge < -0.3 is 24.5 Å². The van der Waals surface area contributed by atoms with Gasteiger partial charge >= 0.3 is 0 Å². The van der Waals surface area contributed by atoms with Gasteiger partial charge in [0.2, 0.25) is 17.7 Å². The van der Waals surface area contributed by atoms with Gasteiger partial charge in [0, 0.05) is 32.7 Å². The van der Waals surface area contributed by atoms with E-state index in [1.807, 2.05) is 36.1 Å².